The normalized spacial score (nSPS) is 15.2. The fourth-order valence-corrected chi connectivity index (χ4v) is 2.93. The van der Waals surface area contributed by atoms with Crippen LogP contribution in [0.5, 0.6) is 0 Å². The zero-order chi connectivity index (χ0) is 12.3. The number of benzene rings is 1. The van der Waals surface area contributed by atoms with Crippen molar-refractivity contribution < 1.29 is 4.79 Å². The van der Waals surface area contributed by atoms with E-state index in [-0.39, 0.29) is 5.91 Å². The zero-order valence-corrected chi connectivity index (χ0v) is 10.9. The summed E-state index contributed by atoms with van der Waals surface area (Å²) in [7, 11) is 0. The highest BCUT2D eigenvalue weighted by Gasteiger charge is 2.18. The van der Waals surface area contributed by atoms with E-state index in [9.17, 15) is 4.79 Å². The van der Waals surface area contributed by atoms with Crippen LogP contribution in [0, 0.1) is 6.92 Å². The van der Waals surface area contributed by atoms with Crippen molar-refractivity contribution >= 4 is 23.4 Å². The largest absolute Gasteiger partial charge is 0.398 e. The third-order valence-corrected chi connectivity index (χ3v) is 4.15. The van der Waals surface area contributed by atoms with E-state index in [1.54, 1.807) is 0 Å². The summed E-state index contributed by atoms with van der Waals surface area (Å²) in [6.45, 7) is 3.83. The van der Waals surface area contributed by atoms with Crippen molar-refractivity contribution in [1.29, 1.82) is 0 Å². The molecule has 1 fully saturated rings. The second-order valence-electron chi connectivity index (χ2n) is 4.36. The summed E-state index contributed by atoms with van der Waals surface area (Å²) >= 11 is 1.54. The average Bonchev–Trinajstić information content (AvgIpc) is 2.84. The molecule has 2 rings (SSSR count). The highest BCUT2D eigenvalue weighted by Crippen LogP contribution is 2.27. The van der Waals surface area contributed by atoms with Crippen molar-refractivity contribution in [2.24, 2.45) is 0 Å². The van der Waals surface area contributed by atoms with Gasteiger partial charge >= 0.3 is 0 Å². The van der Waals surface area contributed by atoms with Crippen LogP contribution in [0.4, 0.5) is 5.69 Å². The van der Waals surface area contributed by atoms with Crippen molar-refractivity contribution in [3.63, 3.8) is 0 Å². The molecule has 1 aliphatic heterocycles. The predicted molar refractivity (Wildman–Crippen MR) is 72.1 cm³/mol. The van der Waals surface area contributed by atoms with Crippen LogP contribution in [-0.4, -0.2) is 29.6 Å². The summed E-state index contributed by atoms with van der Waals surface area (Å²) < 4.78 is 0. The number of nitrogens with zero attached hydrogens (tertiary/aromatic N) is 1. The second kappa shape index (κ2) is 5.45. The van der Waals surface area contributed by atoms with Crippen LogP contribution in [0.3, 0.4) is 0 Å². The fourth-order valence-electron chi connectivity index (χ4n) is 1.98. The van der Waals surface area contributed by atoms with Crippen LogP contribution in [0.1, 0.15) is 18.4 Å². The lowest BCUT2D eigenvalue weighted by Crippen LogP contribution is -2.29. The molecular weight excluding hydrogens is 232 g/mol. The van der Waals surface area contributed by atoms with Crippen LogP contribution in [-0.2, 0) is 4.79 Å². The van der Waals surface area contributed by atoms with E-state index in [2.05, 4.69) is 0 Å². The molecule has 1 saturated heterocycles. The Bertz CT molecular complexity index is 414. The number of amides is 1. The highest BCUT2D eigenvalue weighted by atomic mass is 32.2. The first-order chi connectivity index (χ1) is 8.18. The summed E-state index contributed by atoms with van der Waals surface area (Å²) in [5, 5.41) is 0. The molecule has 0 atom stereocenters. The number of likely N-dealkylation sites (tertiary alicyclic amines) is 1. The number of hydrogen-bond donors (Lipinski definition) is 1. The zero-order valence-electron chi connectivity index (χ0n) is 10.1. The number of carbonyl (C=O) groups excluding carboxylic acids is 1. The molecule has 17 heavy (non-hydrogen) atoms. The number of anilines is 1. The standard InChI is InChI=1S/C13H18N2OS/c1-10-5-4-6-11(13(10)14)17-9-12(16)15-7-2-3-8-15/h4-6H,2-3,7-9,14H2,1H3. The second-order valence-corrected chi connectivity index (χ2v) is 5.38. The smallest absolute Gasteiger partial charge is 0.232 e. The van der Waals surface area contributed by atoms with Gasteiger partial charge in [0.2, 0.25) is 5.91 Å². The molecule has 0 saturated carbocycles. The van der Waals surface area contributed by atoms with Crippen molar-refractivity contribution in [2.45, 2.75) is 24.7 Å². The lowest BCUT2D eigenvalue weighted by atomic mass is 10.2. The van der Waals surface area contributed by atoms with Gasteiger partial charge in [-0.3, -0.25) is 4.79 Å². The molecule has 1 heterocycles. The summed E-state index contributed by atoms with van der Waals surface area (Å²) in [6, 6.07) is 5.94. The monoisotopic (exact) mass is 250 g/mol. The van der Waals surface area contributed by atoms with Crippen LogP contribution in [0.15, 0.2) is 23.1 Å². The molecule has 0 aliphatic carbocycles. The number of para-hydroxylation sites is 1. The van der Waals surface area contributed by atoms with Gasteiger partial charge in [0.25, 0.3) is 0 Å². The van der Waals surface area contributed by atoms with Crippen molar-refractivity contribution in [1.82, 2.24) is 4.90 Å². The Balaban J connectivity index is 1.93. The van der Waals surface area contributed by atoms with Gasteiger partial charge in [-0.2, -0.15) is 0 Å². The quantitative estimate of drug-likeness (QED) is 0.661. The Morgan fingerprint density at radius 1 is 1.41 bits per heavy atom. The molecule has 0 spiro atoms. The van der Waals surface area contributed by atoms with E-state index in [4.69, 9.17) is 5.73 Å². The minimum absolute atomic E-state index is 0.230. The van der Waals surface area contributed by atoms with Gasteiger partial charge < -0.3 is 10.6 Å². The number of rotatable bonds is 3. The van der Waals surface area contributed by atoms with Gasteiger partial charge in [-0.1, -0.05) is 12.1 Å². The van der Waals surface area contributed by atoms with E-state index in [0.29, 0.717) is 5.75 Å². The van der Waals surface area contributed by atoms with Gasteiger partial charge in [-0.05, 0) is 31.4 Å². The van der Waals surface area contributed by atoms with Gasteiger partial charge in [-0.15, -0.1) is 11.8 Å². The minimum atomic E-state index is 0.230. The predicted octanol–water partition coefficient (Wildman–Crippen LogP) is 2.29. The number of thioether (sulfide) groups is 1. The first kappa shape index (κ1) is 12.3. The molecule has 0 bridgehead atoms. The van der Waals surface area contributed by atoms with E-state index >= 15 is 0 Å². The topological polar surface area (TPSA) is 46.3 Å². The molecule has 4 heteroatoms. The van der Waals surface area contributed by atoms with Gasteiger partial charge in [0.1, 0.15) is 0 Å². The molecule has 1 aromatic carbocycles. The number of nitrogen functional groups attached to an aromatic ring is 1. The number of carbonyl (C=O) groups is 1. The molecular formula is C13H18N2OS. The average molecular weight is 250 g/mol. The maximum atomic E-state index is 11.9. The summed E-state index contributed by atoms with van der Waals surface area (Å²) in [4.78, 5) is 14.8. The molecule has 1 amide bonds. The Labute approximate surface area is 106 Å². The van der Waals surface area contributed by atoms with Crippen molar-refractivity contribution in [3.8, 4) is 0 Å². The molecule has 0 unspecified atom stereocenters. The van der Waals surface area contributed by atoms with E-state index in [1.807, 2.05) is 30.0 Å². The molecule has 3 nitrogen and oxygen atoms in total. The highest BCUT2D eigenvalue weighted by molar-refractivity contribution is 8.00. The Hall–Kier alpha value is -1.16. The van der Waals surface area contributed by atoms with E-state index in [0.717, 1.165) is 42.1 Å². The third kappa shape index (κ3) is 2.94. The van der Waals surface area contributed by atoms with Gasteiger partial charge in [-0.25, -0.2) is 0 Å². The van der Waals surface area contributed by atoms with Gasteiger partial charge in [0.05, 0.1) is 5.75 Å². The maximum absolute atomic E-state index is 11.9. The molecule has 92 valence electrons. The number of aryl methyl sites for hydroxylation is 1. The molecule has 1 aromatic rings. The van der Waals surface area contributed by atoms with Crippen LogP contribution < -0.4 is 5.73 Å². The summed E-state index contributed by atoms with van der Waals surface area (Å²) in [5.74, 6) is 0.724. The molecule has 0 radical (unpaired) electrons. The van der Waals surface area contributed by atoms with Crippen LogP contribution in [0.2, 0.25) is 0 Å². The SMILES string of the molecule is Cc1cccc(SCC(=O)N2CCCC2)c1N. The maximum Gasteiger partial charge on any atom is 0.232 e. The Kier molecular flexibility index (Phi) is 3.94. The van der Waals surface area contributed by atoms with Crippen LogP contribution in [0.25, 0.3) is 0 Å². The van der Waals surface area contributed by atoms with Crippen molar-refractivity contribution in [2.75, 3.05) is 24.6 Å². The molecule has 2 N–H and O–H groups in total. The van der Waals surface area contributed by atoms with E-state index < -0.39 is 0 Å². The van der Waals surface area contributed by atoms with Gasteiger partial charge in [0.15, 0.2) is 0 Å². The Morgan fingerprint density at radius 2 is 2.12 bits per heavy atom. The van der Waals surface area contributed by atoms with Gasteiger partial charge in [0, 0.05) is 23.7 Å². The first-order valence-electron chi connectivity index (χ1n) is 5.94. The summed E-state index contributed by atoms with van der Waals surface area (Å²) in [5.41, 5.74) is 7.85. The Morgan fingerprint density at radius 3 is 2.82 bits per heavy atom. The van der Waals surface area contributed by atoms with Crippen molar-refractivity contribution in [3.05, 3.63) is 23.8 Å². The number of hydrogen-bond acceptors (Lipinski definition) is 3. The summed E-state index contributed by atoms with van der Waals surface area (Å²) in [6.07, 6.45) is 2.28. The minimum Gasteiger partial charge on any atom is -0.398 e. The lowest BCUT2D eigenvalue weighted by molar-refractivity contribution is -0.127. The fraction of sp³-hybridized carbons (Fsp3) is 0.462. The first-order valence-corrected chi connectivity index (χ1v) is 6.92. The van der Waals surface area contributed by atoms with Crippen LogP contribution >= 0.6 is 11.8 Å². The third-order valence-electron chi connectivity index (χ3n) is 3.09. The van der Waals surface area contributed by atoms with E-state index in [1.165, 1.54) is 11.8 Å². The molecule has 0 aromatic heterocycles. The molecule has 1 aliphatic rings. The number of nitrogens with two attached hydrogens (primary N) is 1. The lowest BCUT2D eigenvalue weighted by Gasteiger charge is -2.15.